The minimum Gasteiger partial charge on any atom is -0.494 e. The molecule has 0 radical (unpaired) electrons. The van der Waals surface area contributed by atoms with Crippen LogP contribution in [-0.4, -0.2) is 24.3 Å². The lowest BCUT2D eigenvalue weighted by Gasteiger charge is -2.28. The molecule has 5 nitrogen and oxygen atoms in total. The normalized spacial score (nSPS) is 13.9. The molecule has 1 N–H and O–H groups in total. The Morgan fingerprint density at radius 2 is 1.79 bits per heavy atom. The third kappa shape index (κ3) is 4.26. The van der Waals surface area contributed by atoms with Gasteiger partial charge in [-0.3, -0.25) is 5.43 Å². The number of ether oxygens (including phenoxy) is 2. The van der Waals surface area contributed by atoms with E-state index in [1.165, 1.54) is 11.1 Å². The van der Waals surface area contributed by atoms with Gasteiger partial charge in [0.25, 0.3) is 0 Å². The van der Waals surface area contributed by atoms with E-state index in [0.717, 1.165) is 25.1 Å². The van der Waals surface area contributed by atoms with Gasteiger partial charge in [0.2, 0.25) is 0 Å². The number of carbonyl (C=O) groups excluding carboxylic acids is 1. The van der Waals surface area contributed by atoms with Gasteiger partial charge < -0.3 is 9.47 Å². The second-order valence-corrected chi connectivity index (χ2v) is 5.76. The lowest BCUT2D eigenvalue weighted by Crippen LogP contribution is -2.46. The fraction of sp³-hybridized carbons (Fsp3) is 0.316. The van der Waals surface area contributed by atoms with Crippen LogP contribution < -0.4 is 14.9 Å². The summed E-state index contributed by atoms with van der Waals surface area (Å²) in [6.45, 7) is 4.20. The SMILES string of the molecule is CCCOc1ccc(OC(=O)NN2CCc3ccccc3C2)cc1. The van der Waals surface area contributed by atoms with Gasteiger partial charge in [-0.25, -0.2) is 9.80 Å². The monoisotopic (exact) mass is 326 g/mol. The van der Waals surface area contributed by atoms with Crippen LogP contribution in [0.3, 0.4) is 0 Å². The molecule has 2 aromatic carbocycles. The van der Waals surface area contributed by atoms with Crippen molar-refractivity contribution in [2.24, 2.45) is 0 Å². The number of benzene rings is 2. The van der Waals surface area contributed by atoms with Crippen LogP contribution >= 0.6 is 0 Å². The Labute approximate surface area is 142 Å². The second-order valence-electron chi connectivity index (χ2n) is 5.76. The highest BCUT2D eigenvalue weighted by Gasteiger charge is 2.18. The average Bonchev–Trinajstić information content (AvgIpc) is 2.61. The van der Waals surface area contributed by atoms with Crippen LogP contribution in [0.25, 0.3) is 0 Å². The van der Waals surface area contributed by atoms with Gasteiger partial charge in [0.05, 0.1) is 6.61 Å². The van der Waals surface area contributed by atoms with Crippen LogP contribution in [0.1, 0.15) is 24.5 Å². The first kappa shape index (κ1) is 16.3. The van der Waals surface area contributed by atoms with Gasteiger partial charge in [-0.1, -0.05) is 31.2 Å². The molecule has 0 atom stereocenters. The summed E-state index contributed by atoms with van der Waals surface area (Å²) in [7, 11) is 0. The van der Waals surface area contributed by atoms with E-state index in [1.807, 2.05) is 17.1 Å². The molecule has 0 aromatic heterocycles. The Bertz CT molecular complexity index is 685. The number of amides is 1. The summed E-state index contributed by atoms with van der Waals surface area (Å²) in [4.78, 5) is 12.0. The van der Waals surface area contributed by atoms with Crippen molar-refractivity contribution in [3.8, 4) is 11.5 Å². The molecular formula is C19H22N2O3. The molecule has 126 valence electrons. The molecule has 1 heterocycles. The summed E-state index contributed by atoms with van der Waals surface area (Å²) >= 11 is 0. The Kier molecular flexibility index (Phi) is 5.33. The number of carbonyl (C=O) groups is 1. The number of nitrogens with one attached hydrogen (secondary N) is 1. The number of hydrogen-bond acceptors (Lipinski definition) is 4. The fourth-order valence-corrected chi connectivity index (χ4v) is 2.67. The van der Waals surface area contributed by atoms with Gasteiger partial charge in [0.1, 0.15) is 11.5 Å². The van der Waals surface area contributed by atoms with E-state index in [2.05, 4.69) is 24.5 Å². The minimum atomic E-state index is -0.475. The molecule has 0 bridgehead atoms. The Hall–Kier alpha value is -2.53. The number of hydrogen-bond donors (Lipinski definition) is 1. The molecule has 3 rings (SSSR count). The molecule has 0 fully saturated rings. The molecule has 0 saturated carbocycles. The minimum absolute atomic E-state index is 0.475. The fourth-order valence-electron chi connectivity index (χ4n) is 2.67. The van der Waals surface area contributed by atoms with Crippen molar-refractivity contribution < 1.29 is 14.3 Å². The van der Waals surface area contributed by atoms with E-state index >= 15 is 0 Å². The molecule has 0 spiro atoms. The molecule has 2 aromatic rings. The number of hydrazine groups is 1. The zero-order chi connectivity index (χ0) is 16.8. The average molecular weight is 326 g/mol. The molecule has 5 heteroatoms. The second kappa shape index (κ2) is 7.84. The summed E-state index contributed by atoms with van der Waals surface area (Å²) in [5.41, 5.74) is 5.37. The van der Waals surface area contributed by atoms with Crippen molar-refractivity contribution in [1.29, 1.82) is 0 Å². The summed E-state index contributed by atoms with van der Waals surface area (Å²) in [6.07, 6.45) is 1.40. The molecule has 24 heavy (non-hydrogen) atoms. The topological polar surface area (TPSA) is 50.8 Å². The highest BCUT2D eigenvalue weighted by Crippen LogP contribution is 2.19. The van der Waals surface area contributed by atoms with E-state index < -0.39 is 6.09 Å². The van der Waals surface area contributed by atoms with Crippen molar-refractivity contribution in [2.45, 2.75) is 26.3 Å². The van der Waals surface area contributed by atoms with E-state index in [-0.39, 0.29) is 0 Å². The number of nitrogens with zero attached hydrogens (tertiary/aromatic N) is 1. The van der Waals surface area contributed by atoms with E-state index in [0.29, 0.717) is 18.9 Å². The van der Waals surface area contributed by atoms with Crippen molar-refractivity contribution in [1.82, 2.24) is 10.4 Å². The lowest BCUT2D eigenvalue weighted by molar-refractivity contribution is 0.135. The maximum Gasteiger partial charge on any atom is 0.427 e. The molecule has 1 amide bonds. The first-order valence-corrected chi connectivity index (χ1v) is 8.27. The van der Waals surface area contributed by atoms with Gasteiger partial charge in [0, 0.05) is 13.1 Å². The van der Waals surface area contributed by atoms with E-state index in [1.54, 1.807) is 24.3 Å². The third-order valence-electron chi connectivity index (χ3n) is 3.89. The summed E-state index contributed by atoms with van der Waals surface area (Å²) in [5, 5.41) is 1.88. The van der Waals surface area contributed by atoms with Gasteiger partial charge in [-0.2, -0.15) is 0 Å². The Balaban J connectivity index is 1.51. The molecule has 0 unspecified atom stereocenters. The van der Waals surface area contributed by atoms with Crippen LogP contribution in [0.15, 0.2) is 48.5 Å². The highest BCUT2D eigenvalue weighted by molar-refractivity contribution is 5.69. The van der Waals surface area contributed by atoms with Gasteiger partial charge >= 0.3 is 6.09 Å². The van der Waals surface area contributed by atoms with Crippen LogP contribution in [0.5, 0.6) is 11.5 Å². The Morgan fingerprint density at radius 3 is 2.54 bits per heavy atom. The molecule has 1 aliphatic rings. The van der Waals surface area contributed by atoms with E-state index in [9.17, 15) is 4.79 Å². The molecular weight excluding hydrogens is 304 g/mol. The molecule has 0 saturated heterocycles. The zero-order valence-electron chi connectivity index (χ0n) is 13.8. The Morgan fingerprint density at radius 1 is 1.08 bits per heavy atom. The summed E-state index contributed by atoms with van der Waals surface area (Å²) in [6, 6.07) is 15.3. The lowest BCUT2D eigenvalue weighted by atomic mass is 10.0. The summed E-state index contributed by atoms with van der Waals surface area (Å²) < 4.78 is 10.8. The first-order valence-electron chi connectivity index (χ1n) is 8.27. The zero-order valence-corrected chi connectivity index (χ0v) is 13.8. The predicted molar refractivity (Wildman–Crippen MR) is 91.9 cm³/mol. The van der Waals surface area contributed by atoms with Gasteiger partial charge in [0.15, 0.2) is 0 Å². The van der Waals surface area contributed by atoms with Crippen LogP contribution in [0.4, 0.5) is 4.79 Å². The molecule has 1 aliphatic heterocycles. The van der Waals surface area contributed by atoms with E-state index in [4.69, 9.17) is 9.47 Å². The van der Waals surface area contributed by atoms with Crippen molar-refractivity contribution in [3.05, 3.63) is 59.7 Å². The third-order valence-corrected chi connectivity index (χ3v) is 3.89. The smallest absolute Gasteiger partial charge is 0.427 e. The van der Waals surface area contributed by atoms with Gasteiger partial charge in [-0.05, 0) is 48.2 Å². The largest absolute Gasteiger partial charge is 0.494 e. The maximum absolute atomic E-state index is 12.0. The number of fused-ring (bicyclic) bond motifs is 1. The van der Waals surface area contributed by atoms with Crippen LogP contribution in [0, 0.1) is 0 Å². The maximum atomic E-state index is 12.0. The van der Waals surface area contributed by atoms with Crippen LogP contribution in [0.2, 0.25) is 0 Å². The molecule has 0 aliphatic carbocycles. The van der Waals surface area contributed by atoms with Crippen molar-refractivity contribution in [3.63, 3.8) is 0 Å². The van der Waals surface area contributed by atoms with Crippen molar-refractivity contribution >= 4 is 6.09 Å². The highest BCUT2D eigenvalue weighted by atomic mass is 16.6. The predicted octanol–water partition coefficient (Wildman–Crippen LogP) is 3.54. The van der Waals surface area contributed by atoms with Crippen molar-refractivity contribution in [2.75, 3.05) is 13.2 Å². The quantitative estimate of drug-likeness (QED) is 0.913. The number of rotatable bonds is 5. The van der Waals surface area contributed by atoms with Crippen LogP contribution in [-0.2, 0) is 13.0 Å². The van der Waals surface area contributed by atoms with Gasteiger partial charge in [-0.15, -0.1) is 0 Å². The standard InChI is InChI=1S/C19H22N2O3/c1-2-13-23-17-7-9-18(10-8-17)24-19(22)20-21-12-11-15-5-3-4-6-16(15)14-21/h3-10H,2,11-14H2,1H3,(H,20,22). The summed E-state index contributed by atoms with van der Waals surface area (Å²) in [5.74, 6) is 1.27. The first-order chi connectivity index (χ1) is 11.7.